The summed E-state index contributed by atoms with van der Waals surface area (Å²) in [6.07, 6.45) is -6.57. The van der Waals surface area contributed by atoms with Gasteiger partial charge in [-0.15, -0.1) is 0 Å². The fraction of sp³-hybridized carbons (Fsp3) is 0.379. The van der Waals surface area contributed by atoms with E-state index < -0.39 is 43.5 Å². The van der Waals surface area contributed by atoms with E-state index >= 15 is 0 Å². The first-order valence-electron chi connectivity index (χ1n) is 13.2. The second-order valence-corrected chi connectivity index (χ2v) is 9.84. The summed E-state index contributed by atoms with van der Waals surface area (Å²) in [5.74, 6) is 4.65. The molecule has 9 nitrogen and oxygen atoms in total. The number of benzene rings is 2. The minimum Gasteiger partial charge on any atom is -0.495 e. The number of nitrogens with zero attached hydrogens (tertiary/aromatic N) is 3. The molecule has 0 aliphatic carbocycles. The number of carbonyl (C=O) groups excluding carboxylic acids is 1. The second kappa shape index (κ2) is 12.6. The number of piperidine rings is 1. The molecule has 4 N–H and O–H groups in total. The summed E-state index contributed by atoms with van der Waals surface area (Å²) in [6.45, 7) is 1.92. The molecule has 224 valence electrons. The molecule has 0 bridgehead atoms. The molecule has 0 saturated carbocycles. The smallest absolute Gasteiger partial charge is 0.412 e. The van der Waals surface area contributed by atoms with E-state index in [1.165, 1.54) is 37.4 Å². The minimum absolute atomic E-state index is 0.00977. The van der Waals surface area contributed by atoms with Crippen LogP contribution in [0.15, 0.2) is 42.5 Å². The third-order valence-electron chi connectivity index (χ3n) is 7.14. The number of methoxy groups -OCH3 is 1. The van der Waals surface area contributed by atoms with Crippen molar-refractivity contribution in [2.45, 2.75) is 38.3 Å². The highest BCUT2D eigenvalue weighted by Crippen LogP contribution is 2.32. The Morgan fingerprint density at radius 1 is 1.24 bits per heavy atom. The number of amides is 2. The summed E-state index contributed by atoms with van der Waals surface area (Å²) in [6, 6.07) is 9.73. The zero-order valence-electron chi connectivity index (χ0n) is 23.0. The van der Waals surface area contributed by atoms with Crippen molar-refractivity contribution in [3.63, 3.8) is 0 Å². The van der Waals surface area contributed by atoms with Crippen molar-refractivity contribution in [3.8, 4) is 17.6 Å². The van der Waals surface area contributed by atoms with Crippen molar-refractivity contribution in [1.29, 1.82) is 0 Å². The van der Waals surface area contributed by atoms with E-state index in [-0.39, 0.29) is 34.8 Å². The van der Waals surface area contributed by atoms with Crippen LogP contribution in [0.2, 0.25) is 0 Å². The van der Waals surface area contributed by atoms with E-state index in [2.05, 4.69) is 17.2 Å². The number of alkyl halides is 4. The molecule has 1 aliphatic rings. The van der Waals surface area contributed by atoms with Crippen LogP contribution in [0, 0.1) is 11.8 Å². The van der Waals surface area contributed by atoms with E-state index in [0.29, 0.717) is 24.0 Å². The minimum atomic E-state index is -4.56. The molecule has 42 heavy (non-hydrogen) atoms. The molecule has 13 heteroatoms. The van der Waals surface area contributed by atoms with Gasteiger partial charge in [-0.1, -0.05) is 18.9 Å². The number of fused-ring (bicyclic) bond motifs is 1. The Labute approximate surface area is 239 Å². The first-order valence-corrected chi connectivity index (χ1v) is 13.2. The maximum Gasteiger partial charge on any atom is 0.412 e. The third-order valence-corrected chi connectivity index (χ3v) is 7.14. The van der Waals surface area contributed by atoms with Gasteiger partial charge in [-0.05, 0) is 55.3 Å². The molecule has 0 unspecified atom stereocenters. The molecule has 1 aromatic heterocycles. The first kappa shape index (κ1) is 30.5. The summed E-state index contributed by atoms with van der Waals surface area (Å²) in [5, 5.41) is 13.4. The number of carbonyl (C=O) groups is 2. The zero-order valence-corrected chi connectivity index (χ0v) is 23.0. The van der Waals surface area contributed by atoms with Crippen molar-refractivity contribution in [2.24, 2.45) is 5.73 Å². The lowest BCUT2D eigenvalue weighted by molar-refractivity contribution is -0.140. The van der Waals surface area contributed by atoms with E-state index in [4.69, 9.17) is 10.5 Å². The average molecular weight is 590 g/mol. The van der Waals surface area contributed by atoms with Gasteiger partial charge in [0.05, 0.1) is 36.6 Å². The molecule has 0 spiro atoms. The van der Waals surface area contributed by atoms with Crippen LogP contribution in [0.3, 0.4) is 0 Å². The number of halogens is 4. The first-order chi connectivity index (χ1) is 19.9. The molecule has 1 saturated heterocycles. The molecule has 0 radical (unpaired) electrons. The monoisotopic (exact) mass is 589 g/mol. The Hall–Kier alpha value is -4.44. The number of carboxylic acid groups (broad SMARTS) is 1. The highest BCUT2D eigenvalue weighted by atomic mass is 19.4. The lowest BCUT2D eigenvalue weighted by atomic mass is 10.0. The van der Waals surface area contributed by atoms with Crippen LogP contribution in [0.25, 0.3) is 10.9 Å². The van der Waals surface area contributed by atoms with Crippen LogP contribution < -0.4 is 20.7 Å². The average Bonchev–Trinajstić information content (AvgIpc) is 3.28. The van der Waals surface area contributed by atoms with Gasteiger partial charge >= 0.3 is 12.3 Å². The largest absolute Gasteiger partial charge is 0.495 e. The molecule has 2 amide bonds. The van der Waals surface area contributed by atoms with E-state index in [1.807, 2.05) is 11.8 Å². The normalized spacial score (nSPS) is 17.4. The topological polar surface area (TPSA) is 113 Å². The van der Waals surface area contributed by atoms with E-state index in [0.717, 1.165) is 16.0 Å². The molecule has 4 rings (SSSR count). The van der Waals surface area contributed by atoms with Crippen molar-refractivity contribution >= 4 is 34.3 Å². The summed E-state index contributed by atoms with van der Waals surface area (Å²) in [4.78, 5) is 26.4. The highest BCUT2D eigenvalue weighted by Gasteiger charge is 2.31. The van der Waals surface area contributed by atoms with Crippen molar-refractivity contribution in [1.82, 2.24) is 9.47 Å². The Kier molecular flexibility index (Phi) is 9.16. The number of anilines is 2. The van der Waals surface area contributed by atoms with Crippen molar-refractivity contribution < 1.29 is 37.0 Å². The van der Waals surface area contributed by atoms with Gasteiger partial charge in [-0.25, -0.2) is 9.18 Å². The van der Waals surface area contributed by atoms with Crippen LogP contribution in [0.5, 0.6) is 5.75 Å². The fourth-order valence-corrected chi connectivity index (χ4v) is 5.00. The lowest BCUT2D eigenvalue weighted by Crippen LogP contribution is -2.47. The van der Waals surface area contributed by atoms with Crippen LogP contribution in [-0.4, -0.2) is 78.3 Å². The Morgan fingerprint density at radius 2 is 2.00 bits per heavy atom. The number of ether oxygens (including phenoxy) is 1. The van der Waals surface area contributed by atoms with Crippen LogP contribution >= 0.6 is 0 Å². The molecular formula is C29H31F4N5O4. The zero-order chi connectivity index (χ0) is 30.6. The number of rotatable bonds is 8. The number of aromatic nitrogens is 1. The fourth-order valence-electron chi connectivity index (χ4n) is 5.00. The molecule has 2 atom stereocenters. The molecule has 1 fully saturated rings. The summed E-state index contributed by atoms with van der Waals surface area (Å²) in [5.41, 5.74) is 6.20. The standard InChI is InChI=1S/C29H31F4N5O4/c1-3-36-13-11-23(21(30)16-36)35-22-7-4-8-24-20(22)15-19(38(24)17-29(31,32)33)6-5-12-37(28(40)41)25-10-9-18(27(34)39)14-26(25)42-2/h4,7-10,14-15,21,23,35H,3,11-13,16-17H2,1-2H3,(H2,34,39)(H,40,41)/t21-,23+/m0/s1. The Balaban J connectivity index is 1.68. The predicted molar refractivity (Wildman–Crippen MR) is 151 cm³/mol. The molecule has 2 heterocycles. The number of nitrogens with one attached hydrogen (secondary N) is 1. The SMILES string of the molecule is CCN1CC[C@@H](Nc2cccc3c2cc(C#CCN(C(=O)O)c2ccc(C(N)=O)cc2OC)n3CC(F)(F)F)[C@@H](F)C1. The molecular weight excluding hydrogens is 558 g/mol. The van der Waals surface area contributed by atoms with Crippen LogP contribution in [0.1, 0.15) is 29.4 Å². The molecule has 3 aromatic rings. The van der Waals surface area contributed by atoms with Gasteiger partial charge in [0.1, 0.15) is 18.5 Å². The predicted octanol–water partition coefficient (Wildman–Crippen LogP) is 4.69. The van der Waals surface area contributed by atoms with Crippen LogP contribution in [-0.2, 0) is 6.54 Å². The number of hydrogen-bond donors (Lipinski definition) is 3. The summed E-state index contributed by atoms with van der Waals surface area (Å²) >= 11 is 0. The van der Waals surface area contributed by atoms with Gasteiger partial charge in [0.15, 0.2) is 0 Å². The summed E-state index contributed by atoms with van der Waals surface area (Å²) < 4.78 is 61.9. The Morgan fingerprint density at radius 3 is 2.62 bits per heavy atom. The quantitative estimate of drug-likeness (QED) is 0.260. The van der Waals surface area contributed by atoms with Crippen molar-refractivity contribution in [3.05, 3.63) is 53.7 Å². The van der Waals surface area contributed by atoms with E-state index in [1.54, 1.807) is 12.1 Å². The lowest BCUT2D eigenvalue weighted by Gasteiger charge is -2.35. The van der Waals surface area contributed by atoms with Gasteiger partial charge in [-0.3, -0.25) is 9.69 Å². The number of likely N-dealkylation sites (tertiary alicyclic amines) is 1. The number of primary amides is 1. The Bertz CT molecular complexity index is 1530. The third kappa shape index (κ3) is 6.88. The van der Waals surface area contributed by atoms with Crippen molar-refractivity contribution in [2.75, 3.05) is 43.5 Å². The maximum atomic E-state index is 14.9. The number of nitrogens with two attached hydrogens (primary N) is 1. The van der Waals surface area contributed by atoms with E-state index in [9.17, 15) is 32.3 Å². The van der Waals surface area contributed by atoms with Gasteiger partial charge < -0.3 is 30.4 Å². The second-order valence-electron chi connectivity index (χ2n) is 9.84. The molecule has 2 aromatic carbocycles. The van der Waals surface area contributed by atoms with Gasteiger partial charge in [-0.2, -0.15) is 13.2 Å². The van der Waals surface area contributed by atoms with Gasteiger partial charge in [0, 0.05) is 29.7 Å². The highest BCUT2D eigenvalue weighted by molar-refractivity contribution is 5.96. The van der Waals surface area contributed by atoms with Gasteiger partial charge in [0.25, 0.3) is 0 Å². The maximum absolute atomic E-state index is 14.9. The molecule has 1 aliphatic heterocycles. The van der Waals surface area contributed by atoms with Gasteiger partial charge in [0.2, 0.25) is 5.91 Å². The van der Waals surface area contributed by atoms with Crippen LogP contribution in [0.4, 0.5) is 33.7 Å². The number of hydrogen-bond acceptors (Lipinski definition) is 5. The summed E-state index contributed by atoms with van der Waals surface area (Å²) in [7, 11) is 1.29.